The lowest BCUT2D eigenvalue weighted by Gasteiger charge is -2.38. The van der Waals surface area contributed by atoms with Crippen LogP contribution in [0.1, 0.15) is 51.2 Å². The molecular weight excluding hydrogens is 286 g/mol. The van der Waals surface area contributed by atoms with E-state index in [1.165, 1.54) is 16.8 Å². The summed E-state index contributed by atoms with van der Waals surface area (Å²) in [7, 11) is 0. The molecule has 1 aromatic carbocycles. The summed E-state index contributed by atoms with van der Waals surface area (Å²) < 4.78 is 0. The highest BCUT2D eigenvalue weighted by molar-refractivity contribution is 5.75. The van der Waals surface area contributed by atoms with Gasteiger partial charge in [0.2, 0.25) is 0 Å². The van der Waals surface area contributed by atoms with E-state index in [0.717, 1.165) is 32.6 Å². The Labute approximate surface area is 140 Å². The Balaban J connectivity index is 2.04. The molecule has 0 aromatic heterocycles. The van der Waals surface area contributed by atoms with Gasteiger partial charge < -0.3 is 15.1 Å². The summed E-state index contributed by atoms with van der Waals surface area (Å²) in [6, 6.07) is 6.87. The van der Waals surface area contributed by atoms with Gasteiger partial charge in [-0.1, -0.05) is 39.0 Å². The lowest BCUT2D eigenvalue weighted by atomic mass is 9.97. The first kappa shape index (κ1) is 17.6. The fraction of sp³-hybridized carbons (Fsp3) is 0.632. The van der Waals surface area contributed by atoms with Crippen LogP contribution >= 0.6 is 0 Å². The maximum Gasteiger partial charge on any atom is 0.317 e. The predicted molar refractivity (Wildman–Crippen MR) is 97.3 cm³/mol. The van der Waals surface area contributed by atoms with E-state index in [2.05, 4.69) is 63.0 Å². The summed E-state index contributed by atoms with van der Waals surface area (Å²) in [5, 5.41) is 3.06. The van der Waals surface area contributed by atoms with Crippen molar-refractivity contribution in [3.05, 3.63) is 29.3 Å². The molecule has 1 saturated heterocycles. The van der Waals surface area contributed by atoms with Gasteiger partial charge >= 0.3 is 6.03 Å². The number of anilines is 1. The van der Waals surface area contributed by atoms with E-state index in [0.29, 0.717) is 5.92 Å². The van der Waals surface area contributed by atoms with Gasteiger partial charge in [-0.25, -0.2) is 4.79 Å². The minimum absolute atomic E-state index is 0.0767. The van der Waals surface area contributed by atoms with Crippen molar-refractivity contribution in [2.45, 2.75) is 53.0 Å². The Kier molecular flexibility index (Phi) is 5.91. The van der Waals surface area contributed by atoms with Crippen molar-refractivity contribution in [1.29, 1.82) is 0 Å². The van der Waals surface area contributed by atoms with Crippen LogP contribution in [0.5, 0.6) is 0 Å². The number of hydrogen-bond acceptors (Lipinski definition) is 2. The Morgan fingerprint density at radius 3 is 2.39 bits per heavy atom. The molecule has 4 nitrogen and oxygen atoms in total. The van der Waals surface area contributed by atoms with E-state index >= 15 is 0 Å². The van der Waals surface area contributed by atoms with Gasteiger partial charge in [0, 0.05) is 37.9 Å². The second-order valence-corrected chi connectivity index (χ2v) is 6.90. The minimum atomic E-state index is 0.0767. The highest BCUT2D eigenvalue weighted by atomic mass is 16.2. The van der Waals surface area contributed by atoms with E-state index in [-0.39, 0.29) is 12.1 Å². The Hall–Kier alpha value is -1.71. The van der Waals surface area contributed by atoms with Gasteiger partial charge in [0.15, 0.2) is 0 Å². The summed E-state index contributed by atoms with van der Waals surface area (Å²) in [4.78, 5) is 16.6. The van der Waals surface area contributed by atoms with Gasteiger partial charge in [-0.15, -0.1) is 0 Å². The van der Waals surface area contributed by atoms with Crippen LogP contribution in [0.3, 0.4) is 0 Å². The first-order chi connectivity index (χ1) is 10.9. The third kappa shape index (κ3) is 4.18. The number of urea groups is 1. The molecule has 1 N–H and O–H groups in total. The number of nitrogens with one attached hydrogen (secondary N) is 1. The molecule has 2 amide bonds. The highest BCUT2D eigenvalue weighted by Gasteiger charge is 2.24. The summed E-state index contributed by atoms with van der Waals surface area (Å²) in [5.74, 6) is 0.511. The number of carbonyl (C=O) groups excluding carboxylic acids is 1. The van der Waals surface area contributed by atoms with Crippen LogP contribution in [0.25, 0.3) is 0 Å². The zero-order valence-corrected chi connectivity index (χ0v) is 15.2. The molecule has 0 spiro atoms. The molecule has 1 aliphatic rings. The van der Waals surface area contributed by atoms with Gasteiger partial charge in [-0.3, -0.25) is 0 Å². The molecule has 1 atom stereocenters. The smallest absolute Gasteiger partial charge is 0.317 e. The number of benzene rings is 1. The molecule has 1 unspecified atom stereocenters. The molecule has 0 bridgehead atoms. The van der Waals surface area contributed by atoms with Crippen molar-refractivity contribution < 1.29 is 4.79 Å². The molecule has 0 radical (unpaired) electrons. The number of carbonyl (C=O) groups is 1. The Bertz CT molecular complexity index is 533. The molecular formula is C19H31N3O. The number of amides is 2. The predicted octanol–water partition coefficient (Wildman–Crippen LogP) is 3.75. The van der Waals surface area contributed by atoms with Crippen LogP contribution in [0, 0.1) is 6.92 Å². The molecule has 0 saturated carbocycles. The molecule has 1 aromatic rings. The summed E-state index contributed by atoms with van der Waals surface area (Å²) >= 11 is 0. The first-order valence-corrected chi connectivity index (χ1v) is 8.84. The second kappa shape index (κ2) is 7.71. The second-order valence-electron chi connectivity index (χ2n) is 6.90. The maximum atomic E-state index is 12.2. The number of nitrogens with zero attached hydrogens (tertiary/aromatic N) is 2. The van der Waals surface area contributed by atoms with Gasteiger partial charge in [0.25, 0.3) is 0 Å². The molecule has 4 heteroatoms. The summed E-state index contributed by atoms with van der Waals surface area (Å²) in [6.07, 6.45) is 0.965. The van der Waals surface area contributed by atoms with Crippen LogP contribution < -0.4 is 10.2 Å². The minimum Gasteiger partial charge on any atom is -0.368 e. The number of piperazine rings is 1. The molecule has 1 heterocycles. The third-order valence-corrected chi connectivity index (χ3v) is 4.76. The average molecular weight is 317 g/mol. The Morgan fingerprint density at radius 1 is 1.17 bits per heavy atom. The summed E-state index contributed by atoms with van der Waals surface area (Å²) in [5.41, 5.74) is 4.10. The number of rotatable bonds is 4. The quantitative estimate of drug-likeness (QED) is 0.918. The summed E-state index contributed by atoms with van der Waals surface area (Å²) in [6.45, 7) is 14.2. The number of aryl methyl sites for hydroxylation is 1. The van der Waals surface area contributed by atoms with Gasteiger partial charge in [0.1, 0.15) is 0 Å². The molecule has 2 rings (SSSR count). The fourth-order valence-corrected chi connectivity index (χ4v) is 3.12. The van der Waals surface area contributed by atoms with Crippen molar-refractivity contribution >= 4 is 11.7 Å². The zero-order chi connectivity index (χ0) is 17.0. The van der Waals surface area contributed by atoms with Gasteiger partial charge in [-0.2, -0.15) is 0 Å². The van der Waals surface area contributed by atoms with Gasteiger partial charge in [-0.05, 0) is 37.3 Å². The number of hydrogen-bond donors (Lipinski definition) is 1. The first-order valence-electron chi connectivity index (χ1n) is 8.84. The molecule has 23 heavy (non-hydrogen) atoms. The van der Waals surface area contributed by atoms with Crippen LogP contribution in [0.2, 0.25) is 0 Å². The van der Waals surface area contributed by atoms with E-state index in [1.807, 2.05) is 4.90 Å². The lowest BCUT2D eigenvalue weighted by molar-refractivity contribution is 0.190. The van der Waals surface area contributed by atoms with Crippen molar-refractivity contribution in [3.8, 4) is 0 Å². The zero-order valence-electron chi connectivity index (χ0n) is 15.2. The molecule has 128 valence electrons. The lowest BCUT2D eigenvalue weighted by Crippen LogP contribution is -2.53. The monoisotopic (exact) mass is 317 g/mol. The van der Waals surface area contributed by atoms with E-state index < -0.39 is 0 Å². The Morgan fingerprint density at radius 2 is 1.83 bits per heavy atom. The van der Waals surface area contributed by atoms with Gasteiger partial charge in [0.05, 0.1) is 0 Å². The highest BCUT2D eigenvalue weighted by Crippen LogP contribution is 2.31. The topological polar surface area (TPSA) is 35.6 Å². The van der Waals surface area contributed by atoms with Crippen molar-refractivity contribution in [2.75, 3.05) is 31.1 Å². The molecule has 0 aliphatic carbocycles. The van der Waals surface area contributed by atoms with Crippen molar-refractivity contribution in [1.82, 2.24) is 10.2 Å². The van der Waals surface area contributed by atoms with Crippen LogP contribution in [0.15, 0.2) is 18.2 Å². The molecule has 1 fully saturated rings. The van der Waals surface area contributed by atoms with E-state index in [4.69, 9.17) is 0 Å². The van der Waals surface area contributed by atoms with Crippen LogP contribution in [-0.2, 0) is 0 Å². The third-order valence-electron chi connectivity index (χ3n) is 4.76. The maximum absolute atomic E-state index is 12.2. The molecule has 1 aliphatic heterocycles. The van der Waals surface area contributed by atoms with Crippen LogP contribution in [0.4, 0.5) is 10.5 Å². The largest absolute Gasteiger partial charge is 0.368 e. The number of para-hydroxylation sites is 1. The standard InChI is InChI=1S/C19H31N3O/c1-6-16(5)20-19(23)22-12-10-21(11-13-22)18-15(4)8-7-9-17(18)14(2)3/h7-9,14,16H,6,10-13H2,1-5H3,(H,20,23). The normalized spacial score (nSPS) is 16.6. The van der Waals surface area contributed by atoms with Crippen molar-refractivity contribution in [2.24, 2.45) is 0 Å². The van der Waals surface area contributed by atoms with Crippen LogP contribution in [-0.4, -0.2) is 43.2 Å². The van der Waals surface area contributed by atoms with E-state index in [1.54, 1.807) is 0 Å². The fourth-order valence-electron chi connectivity index (χ4n) is 3.12. The average Bonchev–Trinajstić information content (AvgIpc) is 2.54. The van der Waals surface area contributed by atoms with E-state index in [9.17, 15) is 4.79 Å². The SMILES string of the molecule is CCC(C)NC(=O)N1CCN(c2c(C)cccc2C(C)C)CC1. The van der Waals surface area contributed by atoms with Crippen molar-refractivity contribution in [3.63, 3.8) is 0 Å².